The third kappa shape index (κ3) is 3.47. The summed E-state index contributed by atoms with van der Waals surface area (Å²) in [6.07, 6.45) is 2.49. The predicted octanol–water partition coefficient (Wildman–Crippen LogP) is 1.97. The van der Waals surface area contributed by atoms with Crippen LogP contribution in [0.25, 0.3) is 0 Å². The fourth-order valence-electron chi connectivity index (χ4n) is 1.71. The van der Waals surface area contributed by atoms with Crippen LogP contribution in [0.3, 0.4) is 0 Å². The van der Waals surface area contributed by atoms with Crippen LogP contribution in [0.1, 0.15) is 23.2 Å². The number of benzene rings is 1. The number of rotatable bonds is 3. The molecule has 18 heavy (non-hydrogen) atoms. The molecule has 0 aliphatic rings. The van der Waals surface area contributed by atoms with Gasteiger partial charge in [-0.05, 0) is 30.7 Å². The van der Waals surface area contributed by atoms with Gasteiger partial charge in [-0.15, -0.1) is 0 Å². The van der Waals surface area contributed by atoms with Crippen molar-refractivity contribution in [2.45, 2.75) is 19.9 Å². The lowest BCUT2D eigenvalue weighted by molar-refractivity contribution is 0.305. The molecule has 92 valence electrons. The van der Waals surface area contributed by atoms with E-state index in [4.69, 9.17) is 5.11 Å². The first-order valence-corrected chi connectivity index (χ1v) is 5.96. The number of aliphatic hydroxyl groups excluding tert-OH is 1. The van der Waals surface area contributed by atoms with Crippen molar-refractivity contribution in [1.29, 1.82) is 0 Å². The maximum atomic E-state index is 8.68. The summed E-state index contributed by atoms with van der Waals surface area (Å²) >= 11 is 0. The zero-order valence-corrected chi connectivity index (χ0v) is 10.4. The van der Waals surface area contributed by atoms with Crippen LogP contribution < -0.4 is 0 Å². The maximum Gasteiger partial charge on any atom is 0.0659 e. The lowest BCUT2D eigenvalue weighted by Crippen LogP contribution is -2.00. The second-order valence-electron chi connectivity index (χ2n) is 4.13. The fraction of sp³-hybridized carbons (Fsp3) is 0.267. The fourth-order valence-corrected chi connectivity index (χ4v) is 1.71. The topological polar surface area (TPSA) is 38.0 Å². The standard InChI is InChI=1S/C15H16N2O/c1-13-8-9-17(16-13)12-15-7-4-6-14(11-15)5-2-3-10-18/h4,6-9,11,18H,3,10,12H2,1H3. The molecule has 0 fully saturated rings. The molecular formula is C15H16N2O. The largest absolute Gasteiger partial charge is 0.395 e. The molecule has 1 aromatic heterocycles. The molecule has 1 heterocycles. The number of nitrogens with zero attached hydrogens (tertiary/aromatic N) is 2. The Kier molecular flexibility index (Phi) is 4.16. The van der Waals surface area contributed by atoms with Gasteiger partial charge >= 0.3 is 0 Å². The van der Waals surface area contributed by atoms with E-state index in [0.717, 1.165) is 17.8 Å². The van der Waals surface area contributed by atoms with Crippen molar-refractivity contribution >= 4 is 0 Å². The highest BCUT2D eigenvalue weighted by atomic mass is 16.2. The molecule has 2 rings (SSSR count). The van der Waals surface area contributed by atoms with E-state index >= 15 is 0 Å². The quantitative estimate of drug-likeness (QED) is 0.833. The molecule has 0 atom stereocenters. The van der Waals surface area contributed by atoms with Gasteiger partial charge < -0.3 is 5.11 Å². The van der Waals surface area contributed by atoms with Crippen molar-refractivity contribution in [2.24, 2.45) is 0 Å². The number of hydrogen-bond donors (Lipinski definition) is 1. The first kappa shape index (κ1) is 12.4. The molecule has 0 saturated heterocycles. The van der Waals surface area contributed by atoms with Crippen LogP contribution in [-0.2, 0) is 6.54 Å². The minimum Gasteiger partial charge on any atom is -0.395 e. The van der Waals surface area contributed by atoms with Gasteiger partial charge in [0.1, 0.15) is 0 Å². The summed E-state index contributed by atoms with van der Waals surface area (Å²) in [6, 6.07) is 10.1. The first-order chi connectivity index (χ1) is 8.78. The van der Waals surface area contributed by atoms with Crippen LogP contribution in [0.4, 0.5) is 0 Å². The molecule has 0 spiro atoms. The Balaban J connectivity index is 2.10. The average molecular weight is 240 g/mol. The van der Waals surface area contributed by atoms with Crippen molar-refractivity contribution in [3.8, 4) is 11.8 Å². The van der Waals surface area contributed by atoms with E-state index in [0.29, 0.717) is 6.42 Å². The molecule has 0 radical (unpaired) electrons. The molecule has 3 heteroatoms. The third-order valence-electron chi connectivity index (χ3n) is 2.52. The van der Waals surface area contributed by atoms with Gasteiger partial charge in [-0.25, -0.2) is 0 Å². The smallest absolute Gasteiger partial charge is 0.0659 e. The Morgan fingerprint density at radius 1 is 1.33 bits per heavy atom. The zero-order chi connectivity index (χ0) is 12.8. The molecule has 2 aromatic rings. The highest BCUT2D eigenvalue weighted by molar-refractivity contribution is 5.37. The van der Waals surface area contributed by atoms with Gasteiger partial charge in [0.25, 0.3) is 0 Å². The second kappa shape index (κ2) is 6.04. The minimum absolute atomic E-state index is 0.110. The molecule has 0 bridgehead atoms. The van der Waals surface area contributed by atoms with E-state index in [1.165, 1.54) is 5.56 Å². The lowest BCUT2D eigenvalue weighted by Gasteiger charge is -2.02. The molecule has 0 unspecified atom stereocenters. The molecular weight excluding hydrogens is 224 g/mol. The van der Waals surface area contributed by atoms with Crippen molar-refractivity contribution in [3.63, 3.8) is 0 Å². The molecule has 0 saturated carbocycles. The van der Waals surface area contributed by atoms with Crippen molar-refractivity contribution in [1.82, 2.24) is 9.78 Å². The number of hydrogen-bond acceptors (Lipinski definition) is 2. The Morgan fingerprint density at radius 2 is 2.22 bits per heavy atom. The zero-order valence-electron chi connectivity index (χ0n) is 10.4. The van der Waals surface area contributed by atoms with E-state index < -0.39 is 0 Å². The van der Waals surface area contributed by atoms with E-state index in [-0.39, 0.29) is 6.61 Å². The Hall–Kier alpha value is -2.05. The molecule has 3 nitrogen and oxygen atoms in total. The first-order valence-electron chi connectivity index (χ1n) is 5.96. The van der Waals surface area contributed by atoms with E-state index in [1.54, 1.807) is 0 Å². The van der Waals surface area contributed by atoms with Crippen molar-refractivity contribution < 1.29 is 5.11 Å². The summed E-state index contributed by atoms with van der Waals surface area (Å²) in [5, 5.41) is 13.0. The SMILES string of the molecule is Cc1ccn(Cc2cccc(C#CCCO)c2)n1. The summed E-state index contributed by atoms with van der Waals surface area (Å²) in [5.41, 5.74) is 3.17. The van der Waals surface area contributed by atoms with Gasteiger partial charge in [0, 0.05) is 18.2 Å². The van der Waals surface area contributed by atoms with Crippen LogP contribution in [0.15, 0.2) is 36.5 Å². The van der Waals surface area contributed by atoms with Crippen LogP contribution in [0.5, 0.6) is 0 Å². The summed E-state index contributed by atoms with van der Waals surface area (Å²) in [6.45, 7) is 2.84. The van der Waals surface area contributed by atoms with Gasteiger partial charge in [-0.2, -0.15) is 5.10 Å². The molecule has 1 aromatic carbocycles. The van der Waals surface area contributed by atoms with Gasteiger partial charge in [0.05, 0.1) is 18.8 Å². The van der Waals surface area contributed by atoms with Crippen LogP contribution in [-0.4, -0.2) is 21.5 Å². The van der Waals surface area contributed by atoms with Gasteiger partial charge in [0.15, 0.2) is 0 Å². The van der Waals surface area contributed by atoms with E-state index in [1.807, 2.05) is 36.0 Å². The van der Waals surface area contributed by atoms with Crippen LogP contribution >= 0.6 is 0 Å². The highest BCUT2D eigenvalue weighted by Crippen LogP contribution is 2.06. The van der Waals surface area contributed by atoms with Crippen LogP contribution in [0, 0.1) is 18.8 Å². The van der Waals surface area contributed by atoms with E-state index in [9.17, 15) is 0 Å². The maximum absolute atomic E-state index is 8.68. The number of aryl methyl sites for hydroxylation is 1. The van der Waals surface area contributed by atoms with Crippen LogP contribution in [0.2, 0.25) is 0 Å². The third-order valence-corrected chi connectivity index (χ3v) is 2.52. The Labute approximate surface area is 107 Å². The van der Waals surface area contributed by atoms with Gasteiger partial charge in [0.2, 0.25) is 0 Å². The monoisotopic (exact) mass is 240 g/mol. The summed E-state index contributed by atoms with van der Waals surface area (Å²) < 4.78 is 1.91. The normalized spacial score (nSPS) is 9.89. The number of aromatic nitrogens is 2. The van der Waals surface area contributed by atoms with Gasteiger partial charge in [-0.3, -0.25) is 4.68 Å². The summed E-state index contributed by atoms with van der Waals surface area (Å²) in [7, 11) is 0. The minimum atomic E-state index is 0.110. The highest BCUT2D eigenvalue weighted by Gasteiger charge is 1.97. The Bertz CT molecular complexity index is 575. The second-order valence-corrected chi connectivity index (χ2v) is 4.13. The Morgan fingerprint density at radius 3 is 2.94 bits per heavy atom. The number of aliphatic hydroxyl groups is 1. The molecule has 0 aliphatic heterocycles. The van der Waals surface area contributed by atoms with E-state index in [2.05, 4.69) is 29.1 Å². The average Bonchev–Trinajstić information content (AvgIpc) is 2.76. The lowest BCUT2D eigenvalue weighted by atomic mass is 10.1. The molecule has 0 amide bonds. The predicted molar refractivity (Wildman–Crippen MR) is 71.1 cm³/mol. The van der Waals surface area contributed by atoms with Crippen molar-refractivity contribution in [3.05, 3.63) is 53.3 Å². The molecule has 0 aliphatic carbocycles. The summed E-state index contributed by atoms with van der Waals surface area (Å²) in [4.78, 5) is 0. The van der Waals surface area contributed by atoms with Crippen molar-refractivity contribution in [2.75, 3.05) is 6.61 Å². The molecule has 1 N–H and O–H groups in total. The van der Waals surface area contributed by atoms with Gasteiger partial charge in [-0.1, -0.05) is 24.0 Å². The summed E-state index contributed by atoms with van der Waals surface area (Å²) in [5.74, 6) is 5.96.